The lowest BCUT2D eigenvalue weighted by atomic mass is 10.0. The van der Waals surface area contributed by atoms with Crippen molar-refractivity contribution in [3.05, 3.63) is 84.9 Å². The van der Waals surface area contributed by atoms with Crippen molar-refractivity contribution in [1.82, 2.24) is 9.13 Å². The maximum Gasteiger partial charge on any atom is 0.0499 e. The standard InChI is InChI=1S/C31H26N2/c1-3-4-15-33-27-14-13-26-30(24-16-20-9-5-7-11-22(20)18-28(24)32(26)2)31(27)25-17-21-10-6-8-12-23(21)19-29(25)33/h5-14,16-19H,3-4,15H2,1-2H3. The molecule has 0 spiro atoms. The van der Waals surface area contributed by atoms with E-state index in [1.165, 1.54) is 78.0 Å². The van der Waals surface area contributed by atoms with Crippen LogP contribution >= 0.6 is 0 Å². The van der Waals surface area contributed by atoms with Gasteiger partial charge in [-0.1, -0.05) is 61.9 Å². The van der Waals surface area contributed by atoms with Gasteiger partial charge in [0.05, 0.1) is 0 Å². The first-order valence-electron chi connectivity index (χ1n) is 12.0. The molecule has 0 unspecified atom stereocenters. The molecular weight excluding hydrogens is 400 g/mol. The number of rotatable bonds is 3. The zero-order valence-corrected chi connectivity index (χ0v) is 19.1. The van der Waals surface area contributed by atoms with Crippen molar-refractivity contribution in [3.8, 4) is 0 Å². The Kier molecular flexibility index (Phi) is 3.90. The molecule has 7 rings (SSSR count). The number of hydrogen-bond donors (Lipinski definition) is 0. The minimum atomic E-state index is 1.05. The van der Waals surface area contributed by atoms with Crippen molar-refractivity contribution >= 4 is 65.2 Å². The summed E-state index contributed by atoms with van der Waals surface area (Å²) in [5.41, 5.74) is 5.30. The molecule has 0 aliphatic rings. The van der Waals surface area contributed by atoms with Crippen LogP contribution in [0.3, 0.4) is 0 Å². The molecule has 33 heavy (non-hydrogen) atoms. The van der Waals surface area contributed by atoms with Crippen LogP contribution in [0, 0.1) is 0 Å². The van der Waals surface area contributed by atoms with Gasteiger partial charge in [-0.05, 0) is 64.4 Å². The van der Waals surface area contributed by atoms with Crippen molar-refractivity contribution in [2.45, 2.75) is 26.3 Å². The molecule has 2 heteroatoms. The fraction of sp³-hybridized carbons (Fsp3) is 0.161. The number of nitrogens with zero attached hydrogens (tertiary/aromatic N) is 2. The van der Waals surface area contributed by atoms with Gasteiger partial charge in [0.25, 0.3) is 0 Å². The SMILES string of the molecule is CCCCn1c2cc3ccccc3cc2c2c3c4cc5ccccc5cc4n(C)c3ccc21. The Morgan fingerprint density at radius 2 is 1.09 bits per heavy atom. The quantitative estimate of drug-likeness (QED) is 0.268. The van der Waals surface area contributed by atoms with Crippen LogP contribution in [-0.4, -0.2) is 9.13 Å². The lowest BCUT2D eigenvalue weighted by Gasteiger charge is -2.07. The molecule has 0 amide bonds. The Hall–Kier alpha value is -3.78. The van der Waals surface area contributed by atoms with Crippen molar-refractivity contribution in [1.29, 1.82) is 0 Å². The molecule has 0 fully saturated rings. The first-order valence-corrected chi connectivity index (χ1v) is 12.0. The van der Waals surface area contributed by atoms with Gasteiger partial charge in [0.2, 0.25) is 0 Å². The van der Waals surface area contributed by atoms with E-state index in [4.69, 9.17) is 0 Å². The van der Waals surface area contributed by atoms with Crippen molar-refractivity contribution in [2.75, 3.05) is 0 Å². The Bertz CT molecular complexity index is 1860. The fourth-order valence-electron chi connectivity index (χ4n) is 5.80. The third-order valence-electron chi connectivity index (χ3n) is 7.47. The lowest BCUT2D eigenvalue weighted by molar-refractivity contribution is 0.665. The summed E-state index contributed by atoms with van der Waals surface area (Å²) in [6, 6.07) is 31.7. The van der Waals surface area contributed by atoms with Crippen LogP contribution in [0.4, 0.5) is 0 Å². The molecular formula is C31H26N2. The smallest absolute Gasteiger partial charge is 0.0499 e. The molecule has 5 aromatic carbocycles. The zero-order valence-electron chi connectivity index (χ0n) is 19.1. The number of aryl methyl sites for hydroxylation is 2. The summed E-state index contributed by atoms with van der Waals surface area (Å²) in [6.45, 7) is 3.32. The van der Waals surface area contributed by atoms with Crippen LogP contribution in [0.2, 0.25) is 0 Å². The second-order valence-electron chi connectivity index (χ2n) is 9.35. The van der Waals surface area contributed by atoms with Crippen molar-refractivity contribution in [3.63, 3.8) is 0 Å². The molecule has 160 valence electrons. The van der Waals surface area contributed by atoms with Crippen LogP contribution in [-0.2, 0) is 13.6 Å². The van der Waals surface area contributed by atoms with E-state index in [0.717, 1.165) is 6.54 Å². The summed E-state index contributed by atoms with van der Waals surface area (Å²) < 4.78 is 4.92. The molecule has 2 heterocycles. The second kappa shape index (κ2) is 6.86. The minimum absolute atomic E-state index is 1.05. The van der Waals surface area contributed by atoms with Crippen LogP contribution < -0.4 is 0 Å². The van der Waals surface area contributed by atoms with E-state index in [2.05, 4.69) is 108 Å². The average Bonchev–Trinajstić information content (AvgIpc) is 3.31. The second-order valence-corrected chi connectivity index (χ2v) is 9.35. The summed E-state index contributed by atoms with van der Waals surface area (Å²) in [5, 5.41) is 10.7. The summed E-state index contributed by atoms with van der Waals surface area (Å²) >= 11 is 0. The first-order chi connectivity index (χ1) is 16.2. The maximum absolute atomic E-state index is 2.56. The molecule has 0 radical (unpaired) electrons. The highest BCUT2D eigenvalue weighted by molar-refractivity contribution is 6.30. The van der Waals surface area contributed by atoms with Crippen LogP contribution in [0.1, 0.15) is 19.8 Å². The van der Waals surface area contributed by atoms with Gasteiger partial charge in [-0.3, -0.25) is 0 Å². The molecule has 0 bridgehead atoms. The van der Waals surface area contributed by atoms with Crippen molar-refractivity contribution in [2.24, 2.45) is 7.05 Å². The summed E-state index contributed by atoms with van der Waals surface area (Å²) in [6.07, 6.45) is 2.38. The van der Waals surface area contributed by atoms with Gasteiger partial charge < -0.3 is 9.13 Å². The number of benzene rings is 5. The predicted octanol–water partition coefficient (Wildman–Crippen LogP) is 8.55. The van der Waals surface area contributed by atoms with E-state index in [0.29, 0.717) is 0 Å². The molecule has 0 atom stereocenters. The van der Waals surface area contributed by atoms with Crippen LogP contribution in [0.25, 0.3) is 65.2 Å². The highest BCUT2D eigenvalue weighted by Crippen LogP contribution is 2.41. The van der Waals surface area contributed by atoms with E-state index in [9.17, 15) is 0 Å². The largest absolute Gasteiger partial charge is 0.344 e. The molecule has 2 nitrogen and oxygen atoms in total. The van der Waals surface area contributed by atoms with E-state index in [1.54, 1.807) is 0 Å². The van der Waals surface area contributed by atoms with Gasteiger partial charge in [0.1, 0.15) is 0 Å². The molecule has 0 aliphatic heterocycles. The Labute approximate surface area is 192 Å². The number of unbranched alkanes of at least 4 members (excludes halogenated alkanes) is 1. The summed E-state index contributed by atoms with van der Waals surface area (Å²) in [7, 11) is 2.21. The maximum atomic E-state index is 2.56. The molecule has 0 saturated carbocycles. The Morgan fingerprint density at radius 1 is 0.576 bits per heavy atom. The van der Waals surface area contributed by atoms with Crippen molar-refractivity contribution < 1.29 is 0 Å². The monoisotopic (exact) mass is 426 g/mol. The minimum Gasteiger partial charge on any atom is -0.344 e. The van der Waals surface area contributed by atoms with Gasteiger partial charge in [-0.2, -0.15) is 0 Å². The van der Waals surface area contributed by atoms with Gasteiger partial charge in [-0.15, -0.1) is 0 Å². The van der Waals surface area contributed by atoms with Gasteiger partial charge in [0, 0.05) is 57.2 Å². The van der Waals surface area contributed by atoms with E-state index >= 15 is 0 Å². The number of aromatic nitrogens is 2. The molecule has 0 N–H and O–H groups in total. The number of fused-ring (bicyclic) bond motifs is 9. The predicted molar refractivity (Wildman–Crippen MR) is 143 cm³/mol. The van der Waals surface area contributed by atoms with Crippen LogP contribution in [0.5, 0.6) is 0 Å². The highest BCUT2D eigenvalue weighted by atomic mass is 15.0. The average molecular weight is 427 g/mol. The zero-order chi connectivity index (χ0) is 22.1. The first kappa shape index (κ1) is 18.8. The van der Waals surface area contributed by atoms with Gasteiger partial charge >= 0.3 is 0 Å². The lowest BCUT2D eigenvalue weighted by Crippen LogP contribution is -1.97. The Morgan fingerprint density at radius 3 is 1.73 bits per heavy atom. The molecule has 2 aromatic heterocycles. The number of hydrogen-bond acceptors (Lipinski definition) is 0. The van der Waals surface area contributed by atoms with Gasteiger partial charge in [-0.25, -0.2) is 0 Å². The van der Waals surface area contributed by atoms with E-state index in [1.807, 2.05) is 0 Å². The fourth-order valence-corrected chi connectivity index (χ4v) is 5.80. The summed E-state index contributed by atoms with van der Waals surface area (Å²) in [5.74, 6) is 0. The Balaban J connectivity index is 1.73. The molecule has 0 aliphatic carbocycles. The van der Waals surface area contributed by atoms with Gasteiger partial charge in [0.15, 0.2) is 0 Å². The van der Waals surface area contributed by atoms with E-state index in [-0.39, 0.29) is 0 Å². The third kappa shape index (κ3) is 2.55. The highest BCUT2D eigenvalue weighted by Gasteiger charge is 2.19. The topological polar surface area (TPSA) is 9.86 Å². The normalized spacial score (nSPS) is 12.3. The van der Waals surface area contributed by atoms with E-state index < -0.39 is 0 Å². The summed E-state index contributed by atoms with van der Waals surface area (Å²) in [4.78, 5) is 0. The third-order valence-corrected chi connectivity index (χ3v) is 7.47. The van der Waals surface area contributed by atoms with Crippen LogP contribution in [0.15, 0.2) is 84.9 Å². The molecule has 7 aromatic rings. The molecule has 0 saturated heterocycles.